The molecule has 4 radical (unpaired) electrons. The van der Waals surface area contributed by atoms with Crippen LogP contribution in [0.5, 0.6) is 0 Å². The summed E-state index contributed by atoms with van der Waals surface area (Å²) < 4.78 is 5.23. The average Bonchev–Trinajstić information content (AvgIpc) is 2.80. The molecule has 118 valence electrons. The number of hydrogen-bond donors (Lipinski definition) is 0. The van der Waals surface area contributed by atoms with Gasteiger partial charge in [-0.2, -0.15) is 0 Å². The van der Waals surface area contributed by atoms with Gasteiger partial charge in [0.25, 0.3) is 0 Å². The van der Waals surface area contributed by atoms with Crippen molar-refractivity contribution >= 4 is 39.3 Å². The Labute approximate surface area is 143 Å². The van der Waals surface area contributed by atoms with Crippen molar-refractivity contribution in [3.8, 4) is 0 Å². The Morgan fingerprint density at radius 3 is 2.57 bits per heavy atom. The van der Waals surface area contributed by atoms with Crippen molar-refractivity contribution in [2.45, 2.75) is 38.0 Å². The zero-order valence-electron chi connectivity index (χ0n) is 13.4. The summed E-state index contributed by atoms with van der Waals surface area (Å²) in [5, 5.41) is -1.14. The Bertz CT molecular complexity index is 614. The fraction of sp³-hybridized carbons (Fsp3) is 0.533. The molecule has 1 unspecified atom stereocenters. The second kappa shape index (κ2) is 6.19. The summed E-state index contributed by atoms with van der Waals surface area (Å²) in [6.45, 7) is 5.42. The summed E-state index contributed by atoms with van der Waals surface area (Å²) in [6, 6.07) is 3.18. The number of carbonyl (C=O) groups excluding carboxylic acids is 2. The van der Waals surface area contributed by atoms with Gasteiger partial charge >= 0.3 is 6.09 Å². The lowest BCUT2D eigenvalue weighted by atomic mass is 9.45. The summed E-state index contributed by atoms with van der Waals surface area (Å²) in [5.41, 5.74) is -0.204. The van der Waals surface area contributed by atoms with Crippen LogP contribution in [0.15, 0.2) is 18.3 Å². The fourth-order valence-electron chi connectivity index (χ4n) is 2.45. The molecule has 0 aromatic carbocycles. The molecule has 0 bridgehead atoms. The Hall–Kier alpha value is -1.49. The molecule has 5 nitrogen and oxygen atoms in total. The van der Waals surface area contributed by atoms with Crippen LogP contribution >= 0.6 is 11.6 Å². The highest BCUT2D eigenvalue weighted by Gasteiger charge is 2.45. The van der Waals surface area contributed by atoms with Gasteiger partial charge in [0.15, 0.2) is 0 Å². The normalized spacial score (nSPS) is 19.0. The summed E-state index contributed by atoms with van der Waals surface area (Å²) in [4.78, 5) is 29.6. The van der Waals surface area contributed by atoms with Crippen LogP contribution in [0.2, 0.25) is 5.15 Å². The van der Waals surface area contributed by atoms with E-state index in [2.05, 4.69) is 4.98 Å². The predicted octanol–water partition coefficient (Wildman–Crippen LogP) is 2.01. The zero-order chi connectivity index (χ0) is 17.4. The molecule has 0 spiro atoms. The topological polar surface area (TPSA) is 59.5 Å². The van der Waals surface area contributed by atoms with E-state index < -0.39 is 28.7 Å². The summed E-state index contributed by atoms with van der Waals surface area (Å²) >= 11 is 5.75. The van der Waals surface area contributed by atoms with Crippen molar-refractivity contribution in [1.82, 2.24) is 9.88 Å². The number of hydrogen-bond acceptors (Lipinski definition) is 4. The van der Waals surface area contributed by atoms with E-state index in [-0.39, 0.29) is 6.54 Å². The molecule has 1 atom stereocenters. The van der Waals surface area contributed by atoms with Gasteiger partial charge in [0.2, 0.25) is 5.91 Å². The number of ether oxygens (including phenoxy) is 1. The molecule has 2 amide bonds. The molecule has 1 aliphatic heterocycles. The van der Waals surface area contributed by atoms with Gasteiger partial charge in [-0.15, -0.1) is 0 Å². The predicted molar refractivity (Wildman–Crippen MR) is 88.5 cm³/mol. The van der Waals surface area contributed by atoms with E-state index in [4.69, 9.17) is 32.0 Å². The number of pyridine rings is 1. The lowest BCUT2D eigenvalue weighted by molar-refractivity contribution is -0.130. The molecule has 0 N–H and O–H groups in total. The van der Waals surface area contributed by atoms with Crippen molar-refractivity contribution in [3.63, 3.8) is 0 Å². The first kappa shape index (κ1) is 17.9. The number of carbonyl (C=O) groups is 2. The molecule has 23 heavy (non-hydrogen) atoms. The highest BCUT2D eigenvalue weighted by atomic mass is 35.5. The van der Waals surface area contributed by atoms with Crippen molar-refractivity contribution in [3.05, 3.63) is 29.0 Å². The maximum Gasteiger partial charge on any atom is 0.417 e. The van der Waals surface area contributed by atoms with E-state index in [1.165, 1.54) is 6.20 Å². The number of imide groups is 1. The van der Waals surface area contributed by atoms with Gasteiger partial charge in [0, 0.05) is 18.7 Å². The molecular formula is C15H17B2ClN2O3. The second-order valence-corrected chi connectivity index (χ2v) is 7.00. The first-order valence-corrected chi connectivity index (χ1v) is 7.64. The van der Waals surface area contributed by atoms with E-state index in [1.807, 2.05) is 0 Å². The molecule has 0 aliphatic carbocycles. The monoisotopic (exact) mass is 330 g/mol. The van der Waals surface area contributed by atoms with E-state index in [1.54, 1.807) is 32.9 Å². The zero-order valence-corrected chi connectivity index (χ0v) is 14.1. The van der Waals surface area contributed by atoms with Gasteiger partial charge in [-0.3, -0.25) is 4.79 Å². The standard InChI is InChI=1S/C15H17B2ClN2O3/c1-14(2,3)23-13(22)20-7-6-10(12(20)21)15(16,17)9-4-5-11(18)19-8-9/h4-5,8,10H,6-7H2,1-3H3. The number of nitrogens with zero attached hydrogens (tertiary/aromatic N) is 2. The summed E-state index contributed by atoms with van der Waals surface area (Å²) in [5.74, 6) is -1.18. The minimum Gasteiger partial charge on any atom is -0.443 e. The Morgan fingerprint density at radius 1 is 1.39 bits per heavy atom. The maximum atomic E-state index is 12.5. The minimum atomic E-state index is -1.44. The van der Waals surface area contributed by atoms with Gasteiger partial charge in [0.1, 0.15) is 10.8 Å². The summed E-state index contributed by atoms with van der Waals surface area (Å²) in [6.07, 6.45) is 1.11. The molecule has 0 saturated carbocycles. The van der Waals surface area contributed by atoms with Crippen LogP contribution in [0.3, 0.4) is 0 Å². The Kier molecular flexibility index (Phi) is 4.81. The van der Waals surface area contributed by atoms with Crippen molar-refractivity contribution < 1.29 is 14.3 Å². The minimum absolute atomic E-state index is 0.218. The van der Waals surface area contributed by atoms with Gasteiger partial charge in [-0.25, -0.2) is 14.7 Å². The van der Waals surface area contributed by atoms with Crippen LogP contribution in [0.1, 0.15) is 32.8 Å². The van der Waals surface area contributed by atoms with Gasteiger partial charge in [0.05, 0.1) is 15.7 Å². The number of rotatable bonds is 2. The second-order valence-electron chi connectivity index (χ2n) is 6.61. The van der Waals surface area contributed by atoms with Gasteiger partial charge < -0.3 is 4.74 Å². The quantitative estimate of drug-likeness (QED) is 0.615. The van der Waals surface area contributed by atoms with Crippen LogP contribution in [0.4, 0.5) is 4.79 Å². The van der Waals surface area contributed by atoms with Crippen molar-refractivity contribution in [2.24, 2.45) is 5.92 Å². The highest BCUT2D eigenvalue weighted by Crippen LogP contribution is 2.34. The number of amides is 2. The van der Waals surface area contributed by atoms with E-state index >= 15 is 0 Å². The smallest absolute Gasteiger partial charge is 0.417 e. The van der Waals surface area contributed by atoms with Crippen LogP contribution in [-0.2, 0) is 14.7 Å². The molecule has 1 fully saturated rings. The van der Waals surface area contributed by atoms with Crippen molar-refractivity contribution in [1.29, 1.82) is 0 Å². The first-order chi connectivity index (χ1) is 10.5. The molecule has 1 aromatic rings. The molecule has 1 saturated heterocycles. The van der Waals surface area contributed by atoms with Crippen LogP contribution in [0.25, 0.3) is 0 Å². The lowest BCUT2D eigenvalue weighted by Gasteiger charge is -2.32. The van der Waals surface area contributed by atoms with Crippen molar-refractivity contribution in [2.75, 3.05) is 6.54 Å². The summed E-state index contributed by atoms with van der Waals surface area (Å²) in [7, 11) is 12.3. The van der Waals surface area contributed by atoms with Crippen LogP contribution in [0, 0.1) is 5.92 Å². The average molecular weight is 330 g/mol. The van der Waals surface area contributed by atoms with E-state index in [0.717, 1.165) is 4.90 Å². The number of halogens is 1. The molecule has 2 rings (SSSR count). The fourth-order valence-corrected chi connectivity index (χ4v) is 2.57. The van der Waals surface area contributed by atoms with Crippen LogP contribution < -0.4 is 0 Å². The Morgan fingerprint density at radius 2 is 2.04 bits per heavy atom. The Balaban J connectivity index is 2.17. The number of likely N-dealkylation sites (tertiary alicyclic amines) is 1. The van der Waals surface area contributed by atoms with Gasteiger partial charge in [-0.05, 0) is 38.8 Å². The molecule has 1 aliphatic rings. The lowest BCUT2D eigenvalue weighted by Crippen LogP contribution is -2.44. The molecule has 1 aromatic heterocycles. The van der Waals surface area contributed by atoms with E-state index in [9.17, 15) is 9.59 Å². The third-order valence-corrected chi connectivity index (χ3v) is 3.85. The molecular weight excluding hydrogens is 313 g/mol. The third kappa shape index (κ3) is 3.89. The maximum absolute atomic E-state index is 12.5. The highest BCUT2D eigenvalue weighted by molar-refractivity contribution is 6.41. The third-order valence-electron chi connectivity index (χ3n) is 3.62. The molecule has 8 heteroatoms. The molecule has 2 heterocycles. The number of aromatic nitrogens is 1. The van der Waals surface area contributed by atoms with Gasteiger partial charge in [-0.1, -0.05) is 22.9 Å². The SMILES string of the molecule is [B]C([B])(c1ccc(Cl)nc1)C1CCN(C(=O)OC(C)(C)C)C1=O. The first-order valence-electron chi connectivity index (χ1n) is 7.26. The van der Waals surface area contributed by atoms with Crippen LogP contribution in [-0.4, -0.2) is 49.7 Å². The largest absolute Gasteiger partial charge is 0.443 e. The van der Waals surface area contributed by atoms with E-state index in [0.29, 0.717) is 17.1 Å².